The second-order valence-corrected chi connectivity index (χ2v) is 6.09. The minimum Gasteiger partial charge on any atom is -0.492 e. The van der Waals surface area contributed by atoms with E-state index in [-0.39, 0.29) is 11.7 Å². The van der Waals surface area contributed by atoms with E-state index < -0.39 is 0 Å². The molecule has 0 unspecified atom stereocenters. The van der Waals surface area contributed by atoms with Crippen molar-refractivity contribution in [3.8, 4) is 17.9 Å². The fourth-order valence-corrected chi connectivity index (χ4v) is 2.89. The normalized spacial score (nSPS) is 9.72. The molecule has 126 valence electrons. The van der Waals surface area contributed by atoms with Crippen molar-refractivity contribution in [2.75, 3.05) is 17.7 Å². The molecule has 0 bridgehead atoms. The highest BCUT2D eigenvalue weighted by molar-refractivity contribution is 7.99. The number of hydrogen-bond donors (Lipinski definition) is 1. The van der Waals surface area contributed by atoms with Crippen LogP contribution in [-0.4, -0.2) is 18.3 Å². The molecule has 6 heteroatoms. The lowest BCUT2D eigenvalue weighted by Crippen LogP contribution is -2.15. The second-order valence-electron chi connectivity index (χ2n) is 5.11. The van der Waals surface area contributed by atoms with Gasteiger partial charge in [-0.3, -0.25) is 4.79 Å². The zero-order chi connectivity index (χ0) is 18.1. The van der Waals surface area contributed by atoms with Crippen LogP contribution in [0.25, 0.3) is 0 Å². The summed E-state index contributed by atoms with van der Waals surface area (Å²) in [6.45, 7) is 2.33. The molecule has 0 fully saturated rings. The Hall–Kier alpha value is -2.96. The van der Waals surface area contributed by atoms with Crippen molar-refractivity contribution in [1.29, 1.82) is 10.5 Å². The van der Waals surface area contributed by atoms with Crippen molar-refractivity contribution >= 4 is 23.4 Å². The third-order valence-corrected chi connectivity index (χ3v) is 4.27. The third-order valence-electron chi connectivity index (χ3n) is 3.27. The van der Waals surface area contributed by atoms with Crippen LogP contribution in [0, 0.1) is 22.7 Å². The fraction of sp³-hybridized carbons (Fsp3) is 0.211. The van der Waals surface area contributed by atoms with Crippen LogP contribution in [0.4, 0.5) is 5.69 Å². The summed E-state index contributed by atoms with van der Waals surface area (Å²) in [5.74, 6) is 1.35. The van der Waals surface area contributed by atoms with E-state index >= 15 is 0 Å². The van der Waals surface area contributed by atoms with Crippen LogP contribution in [-0.2, 0) is 10.5 Å². The molecule has 5 nitrogen and oxygen atoms in total. The molecule has 25 heavy (non-hydrogen) atoms. The van der Waals surface area contributed by atoms with Crippen molar-refractivity contribution < 1.29 is 9.53 Å². The van der Waals surface area contributed by atoms with E-state index in [0.717, 1.165) is 5.56 Å². The summed E-state index contributed by atoms with van der Waals surface area (Å²) in [6, 6.07) is 16.4. The Morgan fingerprint density at radius 1 is 1.12 bits per heavy atom. The van der Waals surface area contributed by atoms with Gasteiger partial charge in [0.25, 0.3) is 0 Å². The molecule has 0 heterocycles. The molecule has 0 saturated carbocycles. The molecule has 2 aromatic carbocycles. The van der Waals surface area contributed by atoms with Gasteiger partial charge in [-0.05, 0) is 42.8 Å². The van der Waals surface area contributed by atoms with Crippen LogP contribution in [0.3, 0.4) is 0 Å². The molecular weight excluding hydrogens is 334 g/mol. The van der Waals surface area contributed by atoms with Gasteiger partial charge in [0, 0.05) is 5.75 Å². The van der Waals surface area contributed by atoms with Crippen LogP contribution in [0.15, 0.2) is 42.5 Å². The number of anilines is 1. The molecule has 0 saturated heterocycles. The van der Waals surface area contributed by atoms with Gasteiger partial charge in [0.15, 0.2) is 0 Å². The first-order valence-corrected chi connectivity index (χ1v) is 8.85. The van der Waals surface area contributed by atoms with E-state index in [1.165, 1.54) is 11.8 Å². The van der Waals surface area contributed by atoms with E-state index in [0.29, 0.717) is 34.9 Å². The molecule has 2 rings (SSSR count). The lowest BCUT2D eigenvalue weighted by molar-refractivity contribution is -0.113. The highest BCUT2D eigenvalue weighted by atomic mass is 32.2. The molecule has 1 amide bonds. The summed E-state index contributed by atoms with van der Waals surface area (Å²) in [4.78, 5) is 12.1. The lowest BCUT2D eigenvalue weighted by atomic mass is 10.2. The number of benzene rings is 2. The van der Waals surface area contributed by atoms with E-state index in [1.807, 2.05) is 25.1 Å². The first-order chi connectivity index (χ1) is 12.2. The first-order valence-electron chi connectivity index (χ1n) is 7.70. The van der Waals surface area contributed by atoms with Crippen LogP contribution >= 0.6 is 11.8 Å². The van der Waals surface area contributed by atoms with Crippen molar-refractivity contribution in [1.82, 2.24) is 0 Å². The molecule has 0 aliphatic heterocycles. The van der Waals surface area contributed by atoms with Crippen molar-refractivity contribution in [3.05, 3.63) is 59.2 Å². The maximum absolute atomic E-state index is 12.1. The molecule has 1 N–H and O–H groups in total. The SMILES string of the molecule is CCOc1ccc(C#N)cc1NC(=O)CSCc1ccc(C#N)cc1. The molecule has 0 aliphatic rings. The Balaban J connectivity index is 1.91. The van der Waals surface area contributed by atoms with Gasteiger partial charge in [-0.1, -0.05) is 12.1 Å². The van der Waals surface area contributed by atoms with Gasteiger partial charge in [-0.15, -0.1) is 11.8 Å². The summed E-state index contributed by atoms with van der Waals surface area (Å²) in [5, 5.41) is 20.6. The van der Waals surface area contributed by atoms with Crippen LogP contribution < -0.4 is 10.1 Å². The number of amides is 1. The van der Waals surface area contributed by atoms with Gasteiger partial charge in [-0.25, -0.2) is 0 Å². The van der Waals surface area contributed by atoms with Gasteiger partial charge in [-0.2, -0.15) is 10.5 Å². The smallest absolute Gasteiger partial charge is 0.234 e. The summed E-state index contributed by atoms with van der Waals surface area (Å²) >= 11 is 1.48. The van der Waals surface area contributed by atoms with Crippen molar-refractivity contribution in [2.24, 2.45) is 0 Å². The number of hydrogen-bond acceptors (Lipinski definition) is 5. The third kappa shape index (κ3) is 5.56. The minimum absolute atomic E-state index is 0.158. The number of carbonyl (C=O) groups is 1. The second kappa shape index (κ2) is 9.36. The Bertz CT molecular complexity index is 820. The average molecular weight is 351 g/mol. The number of thioether (sulfide) groups is 1. The summed E-state index contributed by atoms with van der Waals surface area (Å²) in [7, 11) is 0. The van der Waals surface area contributed by atoms with Crippen LogP contribution in [0.1, 0.15) is 23.6 Å². The number of nitrogens with one attached hydrogen (secondary N) is 1. The first kappa shape index (κ1) is 18.4. The zero-order valence-electron chi connectivity index (χ0n) is 13.8. The molecule has 0 atom stereocenters. The Kier molecular flexibility index (Phi) is 6.88. The molecule has 0 aliphatic carbocycles. The standard InChI is InChI=1S/C19H17N3O2S/c1-2-24-18-8-7-16(11-21)9-17(18)22-19(23)13-25-12-15-5-3-14(10-20)4-6-15/h3-9H,2,12-13H2,1H3,(H,22,23). The molecule has 0 radical (unpaired) electrons. The largest absolute Gasteiger partial charge is 0.492 e. The lowest BCUT2D eigenvalue weighted by Gasteiger charge is -2.11. The predicted molar refractivity (Wildman–Crippen MR) is 98.3 cm³/mol. The Morgan fingerprint density at radius 3 is 2.44 bits per heavy atom. The van der Waals surface area contributed by atoms with Gasteiger partial charge in [0.05, 0.1) is 41.3 Å². The van der Waals surface area contributed by atoms with E-state index in [4.69, 9.17) is 15.3 Å². The topological polar surface area (TPSA) is 85.9 Å². The minimum atomic E-state index is -0.158. The summed E-state index contributed by atoms with van der Waals surface area (Å²) in [5.41, 5.74) is 2.64. The van der Waals surface area contributed by atoms with Gasteiger partial charge >= 0.3 is 0 Å². The summed E-state index contributed by atoms with van der Waals surface area (Å²) in [6.07, 6.45) is 0. The zero-order valence-corrected chi connectivity index (χ0v) is 14.6. The number of nitriles is 2. The number of rotatable bonds is 7. The molecule has 0 spiro atoms. The van der Waals surface area contributed by atoms with Crippen LogP contribution in [0.2, 0.25) is 0 Å². The number of carbonyl (C=O) groups excluding carboxylic acids is 1. The Labute approximate surface area is 151 Å². The van der Waals surface area contributed by atoms with Crippen molar-refractivity contribution in [3.63, 3.8) is 0 Å². The van der Waals surface area contributed by atoms with E-state index in [9.17, 15) is 4.79 Å². The molecule has 0 aromatic heterocycles. The number of nitrogens with zero attached hydrogens (tertiary/aromatic N) is 2. The van der Waals surface area contributed by atoms with Crippen LogP contribution in [0.5, 0.6) is 5.75 Å². The molecular formula is C19H17N3O2S. The predicted octanol–water partition coefficient (Wildman–Crippen LogP) is 3.70. The van der Waals surface area contributed by atoms with E-state index in [1.54, 1.807) is 30.3 Å². The highest BCUT2D eigenvalue weighted by Crippen LogP contribution is 2.26. The van der Waals surface area contributed by atoms with Crippen molar-refractivity contribution in [2.45, 2.75) is 12.7 Å². The average Bonchev–Trinajstić information content (AvgIpc) is 2.64. The summed E-state index contributed by atoms with van der Waals surface area (Å²) < 4.78 is 5.48. The monoisotopic (exact) mass is 351 g/mol. The number of ether oxygens (including phenoxy) is 1. The maximum Gasteiger partial charge on any atom is 0.234 e. The van der Waals surface area contributed by atoms with Gasteiger partial charge in [0.1, 0.15) is 5.75 Å². The van der Waals surface area contributed by atoms with Gasteiger partial charge in [0.2, 0.25) is 5.91 Å². The fourth-order valence-electron chi connectivity index (χ4n) is 2.10. The highest BCUT2D eigenvalue weighted by Gasteiger charge is 2.09. The maximum atomic E-state index is 12.1. The Morgan fingerprint density at radius 2 is 1.80 bits per heavy atom. The molecule has 2 aromatic rings. The quantitative estimate of drug-likeness (QED) is 0.822. The van der Waals surface area contributed by atoms with E-state index in [2.05, 4.69) is 11.4 Å². The van der Waals surface area contributed by atoms with Gasteiger partial charge < -0.3 is 10.1 Å².